The van der Waals surface area contributed by atoms with Gasteiger partial charge in [0, 0.05) is 19.6 Å². The molecule has 2 N–H and O–H groups in total. The molecule has 2 fully saturated rings. The number of carbonyl (C=O) groups excluding carboxylic acids is 1. The number of nitrogens with one attached hydrogen (secondary N) is 2. The Kier molecular flexibility index (Phi) is 6.94. The predicted molar refractivity (Wildman–Crippen MR) is 104 cm³/mol. The van der Waals surface area contributed by atoms with Gasteiger partial charge >= 0.3 is 0 Å². The molecule has 1 amide bonds. The molecule has 1 spiro atoms. The topological polar surface area (TPSA) is 69.9 Å². The van der Waals surface area contributed by atoms with Crippen LogP contribution in [-0.2, 0) is 11.3 Å². The molecule has 1 aliphatic carbocycles. The van der Waals surface area contributed by atoms with E-state index in [9.17, 15) is 4.79 Å². The van der Waals surface area contributed by atoms with Gasteiger partial charge in [-0.25, -0.2) is 4.99 Å². The standard InChI is InChI=1S/C17H26N4O2.HI/c1-2-18-16(21-9-8-17(13-21)6-4-7-17)20-12-15(22)19-11-14-5-3-10-23-14;/h3,5,10H,2,4,6-9,11-13H2,1H3,(H,18,20)(H,19,22);1H. The number of furan rings is 1. The zero-order chi connectivity index (χ0) is 16.1. The van der Waals surface area contributed by atoms with E-state index in [1.165, 1.54) is 25.7 Å². The van der Waals surface area contributed by atoms with Crippen LogP contribution in [0.5, 0.6) is 0 Å². The second-order valence-electron chi connectivity index (χ2n) is 6.55. The highest BCUT2D eigenvalue weighted by molar-refractivity contribution is 14.0. The Morgan fingerprint density at radius 2 is 2.21 bits per heavy atom. The lowest BCUT2D eigenvalue weighted by atomic mass is 9.68. The lowest BCUT2D eigenvalue weighted by molar-refractivity contribution is -0.119. The highest BCUT2D eigenvalue weighted by Crippen LogP contribution is 2.47. The van der Waals surface area contributed by atoms with Gasteiger partial charge in [0.25, 0.3) is 0 Å². The summed E-state index contributed by atoms with van der Waals surface area (Å²) in [7, 11) is 0. The van der Waals surface area contributed by atoms with E-state index >= 15 is 0 Å². The SMILES string of the molecule is CCNC(=NCC(=O)NCc1ccco1)N1CCC2(CCC2)C1.I. The van der Waals surface area contributed by atoms with Gasteiger partial charge in [-0.2, -0.15) is 0 Å². The van der Waals surface area contributed by atoms with Crippen LogP contribution in [0.15, 0.2) is 27.8 Å². The van der Waals surface area contributed by atoms with Crippen LogP contribution in [0.2, 0.25) is 0 Å². The van der Waals surface area contributed by atoms with Gasteiger partial charge in [-0.1, -0.05) is 6.42 Å². The first kappa shape index (κ1) is 19.1. The van der Waals surface area contributed by atoms with Crippen molar-refractivity contribution in [3.05, 3.63) is 24.2 Å². The Morgan fingerprint density at radius 1 is 1.38 bits per heavy atom. The fourth-order valence-corrected chi connectivity index (χ4v) is 3.43. The van der Waals surface area contributed by atoms with E-state index in [1.54, 1.807) is 6.26 Å². The number of hydrogen-bond acceptors (Lipinski definition) is 3. The van der Waals surface area contributed by atoms with Crippen LogP contribution >= 0.6 is 24.0 Å². The largest absolute Gasteiger partial charge is 0.467 e. The monoisotopic (exact) mass is 446 g/mol. The zero-order valence-electron chi connectivity index (χ0n) is 14.2. The maximum Gasteiger partial charge on any atom is 0.242 e. The van der Waals surface area contributed by atoms with Gasteiger partial charge in [0.15, 0.2) is 5.96 Å². The minimum Gasteiger partial charge on any atom is -0.467 e. The minimum atomic E-state index is -0.0886. The van der Waals surface area contributed by atoms with Crippen LogP contribution in [0.25, 0.3) is 0 Å². The predicted octanol–water partition coefficient (Wildman–Crippen LogP) is 2.36. The molecule has 134 valence electrons. The van der Waals surface area contributed by atoms with Gasteiger partial charge in [-0.05, 0) is 43.7 Å². The van der Waals surface area contributed by atoms with Gasteiger partial charge in [0.2, 0.25) is 5.91 Å². The Morgan fingerprint density at radius 3 is 2.79 bits per heavy atom. The van der Waals surface area contributed by atoms with E-state index in [0.29, 0.717) is 12.0 Å². The highest BCUT2D eigenvalue weighted by Gasteiger charge is 2.43. The number of halogens is 1. The second-order valence-corrected chi connectivity index (χ2v) is 6.55. The first-order chi connectivity index (χ1) is 11.2. The summed E-state index contributed by atoms with van der Waals surface area (Å²) in [6, 6.07) is 3.66. The van der Waals surface area contributed by atoms with Gasteiger partial charge < -0.3 is 20.0 Å². The average molecular weight is 446 g/mol. The van der Waals surface area contributed by atoms with Crippen molar-refractivity contribution in [2.75, 3.05) is 26.2 Å². The number of carbonyl (C=O) groups is 1. The maximum atomic E-state index is 12.0. The molecule has 1 saturated carbocycles. The Balaban J connectivity index is 0.00000208. The van der Waals surface area contributed by atoms with E-state index in [0.717, 1.165) is 31.4 Å². The first-order valence-electron chi connectivity index (χ1n) is 8.53. The fraction of sp³-hybridized carbons (Fsp3) is 0.647. The molecule has 0 atom stereocenters. The number of amides is 1. The third kappa shape index (κ3) is 4.64. The maximum absolute atomic E-state index is 12.0. The number of aliphatic imine (C=N–C) groups is 1. The summed E-state index contributed by atoms with van der Waals surface area (Å²) >= 11 is 0. The second kappa shape index (κ2) is 8.73. The fourth-order valence-electron chi connectivity index (χ4n) is 3.43. The molecule has 2 aliphatic rings. The third-order valence-corrected chi connectivity index (χ3v) is 4.90. The van der Waals surface area contributed by atoms with Crippen LogP contribution in [0.3, 0.4) is 0 Å². The molecule has 0 unspecified atom stereocenters. The van der Waals surface area contributed by atoms with Crippen LogP contribution in [0.4, 0.5) is 0 Å². The molecular weight excluding hydrogens is 419 g/mol. The molecule has 0 aromatic carbocycles. The smallest absolute Gasteiger partial charge is 0.242 e. The molecule has 1 aliphatic heterocycles. The average Bonchev–Trinajstić information content (AvgIpc) is 3.17. The van der Waals surface area contributed by atoms with Gasteiger partial charge in [0.05, 0.1) is 12.8 Å². The van der Waals surface area contributed by atoms with E-state index in [-0.39, 0.29) is 36.4 Å². The molecule has 7 heteroatoms. The Labute approximate surface area is 160 Å². The Hall–Kier alpha value is -1.25. The minimum absolute atomic E-state index is 0. The van der Waals surface area contributed by atoms with Gasteiger partial charge in [-0.15, -0.1) is 24.0 Å². The molecule has 0 radical (unpaired) electrons. The van der Waals surface area contributed by atoms with Crippen molar-refractivity contribution < 1.29 is 9.21 Å². The summed E-state index contributed by atoms with van der Waals surface area (Å²) in [6.07, 6.45) is 6.89. The number of guanidine groups is 1. The van der Waals surface area contributed by atoms with Crippen molar-refractivity contribution >= 4 is 35.8 Å². The van der Waals surface area contributed by atoms with E-state index in [4.69, 9.17) is 4.42 Å². The summed E-state index contributed by atoms with van der Waals surface area (Å²) < 4.78 is 5.20. The normalized spacial score (nSPS) is 18.9. The highest BCUT2D eigenvalue weighted by atomic mass is 127. The molecule has 1 aromatic heterocycles. The summed E-state index contributed by atoms with van der Waals surface area (Å²) in [5.41, 5.74) is 0.526. The molecule has 2 heterocycles. The molecule has 6 nitrogen and oxygen atoms in total. The van der Waals surface area contributed by atoms with Gasteiger partial charge in [-0.3, -0.25) is 4.79 Å². The van der Waals surface area contributed by atoms with Crippen LogP contribution < -0.4 is 10.6 Å². The molecule has 0 bridgehead atoms. The number of likely N-dealkylation sites (tertiary alicyclic amines) is 1. The third-order valence-electron chi connectivity index (χ3n) is 4.90. The lowest BCUT2D eigenvalue weighted by Gasteiger charge is -2.38. The van der Waals surface area contributed by atoms with Crippen LogP contribution in [0, 0.1) is 5.41 Å². The molecule has 3 rings (SSSR count). The quantitative estimate of drug-likeness (QED) is 0.414. The van der Waals surface area contributed by atoms with Crippen molar-refractivity contribution in [2.24, 2.45) is 10.4 Å². The van der Waals surface area contributed by atoms with Crippen molar-refractivity contribution in [3.63, 3.8) is 0 Å². The Bertz CT molecular complexity index is 555. The number of hydrogen-bond donors (Lipinski definition) is 2. The van der Waals surface area contributed by atoms with E-state index in [1.807, 2.05) is 12.1 Å². The summed E-state index contributed by atoms with van der Waals surface area (Å²) in [5.74, 6) is 1.53. The summed E-state index contributed by atoms with van der Waals surface area (Å²) in [6.45, 7) is 5.54. The van der Waals surface area contributed by atoms with E-state index < -0.39 is 0 Å². The molecule has 1 aromatic rings. The summed E-state index contributed by atoms with van der Waals surface area (Å²) in [5, 5.41) is 6.14. The first-order valence-corrected chi connectivity index (χ1v) is 8.53. The van der Waals surface area contributed by atoms with Crippen molar-refractivity contribution in [3.8, 4) is 0 Å². The number of rotatable bonds is 5. The summed E-state index contributed by atoms with van der Waals surface area (Å²) in [4.78, 5) is 18.8. The van der Waals surface area contributed by atoms with E-state index in [2.05, 4.69) is 27.4 Å². The molecule has 24 heavy (non-hydrogen) atoms. The van der Waals surface area contributed by atoms with Crippen molar-refractivity contribution in [1.29, 1.82) is 0 Å². The molecule has 1 saturated heterocycles. The zero-order valence-corrected chi connectivity index (χ0v) is 16.5. The molecular formula is C17H27IN4O2. The van der Waals surface area contributed by atoms with Gasteiger partial charge in [0.1, 0.15) is 12.3 Å². The van der Waals surface area contributed by atoms with Crippen LogP contribution in [0.1, 0.15) is 38.4 Å². The van der Waals surface area contributed by atoms with Crippen molar-refractivity contribution in [1.82, 2.24) is 15.5 Å². The van der Waals surface area contributed by atoms with Crippen LogP contribution in [-0.4, -0.2) is 42.9 Å². The number of nitrogens with zero attached hydrogens (tertiary/aromatic N) is 2. The van der Waals surface area contributed by atoms with Crippen molar-refractivity contribution in [2.45, 2.75) is 39.2 Å². The lowest BCUT2D eigenvalue weighted by Crippen LogP contribution is -2.43.